The first-order valence-corrected chi connectivity index (χ1v) is 9.51. The average Bonchev–Trinajstić information content (AvgIpc) is 3.17. The second-order valence-electron chi connectivity index (χ2n) is 7.05. The van der Waals surface area contributed by atoms with Crippen LogP contribution in [0.1, 0.15) is 12.0 Å². The molecule has 31 heavy (non-hydrogen) atoms. The van der Waals surface area contributed by atoms with Gasteiger partial charge in [-0.3, -0.25) is 4.79 Å². The van der Waals surface area contributed by atoms with Crippen molar-refractivity contribution in [2.45, 2.75) is 43.2 Å². The number of ether oxygens (including phenoxy) is 5. The lowest BCUT2D eigenvalue weighted by Crippen LogP contribution is -2.60. The number of carbonyl (C=O) groups is 2. The van der Waals surface area contributed by atoms with Gasteiger partial charge in [-0.25, -0.2) is 4.79 Å². The maximum absolute atomic E-state index is 12.0. The summed E-state index contributed by atoms with van der Waals surface area (Å²) in [6.45, 7) is -0.441. The van der Waals surface area contributed by atoms with Crippen LogP contribution >= 0.6 is 0 Å². The van der Waals surface area contributed by atoms with E-state index in [4.69, 9.17) is 23.7 Å². The Bertz CT molecular complexity index is 823. The molecule has 0 radical (unpaired) electrons. The molecule has 0 spiro atoms. The molecule has 4 N–H and O–H groups in total. The SMILES string of the molecule is COc1cc(C=CC(=O)OC[C@H]2O[C@@H](O[C@H]3COC(=O)C3)[C@H](O)[C@@H](O)[C@@H]2O)ccc1O. The van der Waals surface area contributed by atoms with Crippen LogP contribution in [0.2, 0.25) is 0 Å². The molecule has 2 heterocycles. The van der Waals surface area contributed by atoms with Crippen molar-refractivity contribution in [3.05, 3.63) is 29.8 Å². The summed E-state index contributed by atoms with van der Waals surface area (Å²) in [6.07, 6.45) is -5.36. The van der Waals surface area contributed by atoms with E-state index in [0.29, 0.717) is 5.56 Å². The summed E-state index contributed by atoms with van der Waals surface area (Å²) in [5.74, 6) is -1.02. The fourth-order valence-electron chi connectivity index (χ4n) is 3.11. The van der Waals surface area contributed by atoms with Crippen molar-refractivity contribution in [2.75, 3.05) is 20.3 Å². The van der Waals surface area contributed by atoms with Crippen molar-refractivity contribution in [2.24, 2.45) is 0 Å². The van der Waals surface area contributed by atoms with Gasteiger partial charge in [-0.05, 0) is 23.8 Å². The predicted octanol–water partition coefficient (Wildman–Crippen LogP) is -0.903. The highest BCUT2D eigenvalue weighted by Gasteiger charge is 2.46. The molecule has 0 aliphatic carbocycles. The standard InChI is InChI=1S/C20H24O11/c1-27-13-6-10(2-4-12(13)21)3-5-15(22)29-9-14-17(24)18(25)19(26)20(31-14)30-11-7-16(23)28-8-11/h2-6,11,14,17-21,24-26H,7-9H2,1H3/t11-,14-,17-,18+,19-,20-/m1/s1. The van der Waals surface area contributed by atoms with Crippen LogP contribution in [-0.2, 0) is 28.5 Å². The van der Waals surface area contributed by atoms with Crippen LogP contribution in [0.25, 0.3) is 6.08 Å². The fourth-order valence-corrected chi connectivity index (χ4v) is 3.11. The molecule has 170 valence electrons. The number of methoxy groups -OCH3 is 1. The van der Waals surface area contributed by atoms with Crippen molar-refractivity contribution >= 4 is 18.0 Å². The molecule has 3 rings (SSSR count). The smallest absolute Gasteiger partial charge is 0.330 e. The molecule has 0 saturated carbocycles. The fraction of sp³-hybridized carbons (Fsp3) is 0.500. The zero-order valence-electron chi connectivity index (χ0n) is 16.6. The molecule has 2 fully saturated rings. The second-order valence-corrected chi connectivity index (χ2v) is 7.05. The van der Waals surface area contributed by atoms with Crippen LogP contribution in [-0.4, -0.2) is 89.5 Å². The number of hydrogen-bond acceptors (Lipinski definition) is 11. The highest BCUT2D eigenvalue weighted by molar-refractivity contribution is 5.87. The average molecular weight is 440 g/mol. The topological polar surface area (TPSA) is 161 Å². The minimum atomic E-state index is -1.61. The molecule has 11 nitrogen and oxygen atoms in total. The van der Waals surface area contributed by atoms with Crippen LogP contribution in [0, 0.1) is 0 Å². The van der Waals surface area contributed by atoms with Gasteiger partial charge in [-0.1, -0.05) is 6.07 Å². The molecular formula is C20H24O11. The number of carbonyl (C=O) groups excluding carboxylic acids is 2. The summed E-state index contributed by atoms with van der Waals surface area (Å²) in [6, 6.07) is 4.49. The number of benzene rings is 1. The second kappa shape index (κ2) is 10.1. The Labute approximate surface area is 177 Å². The van der Waals surface area contributed by atoms with Gasteiger partial charge in [0.15, 0.2) is 17.8 Å². The van der Waals surface area contributed by atoms with Gasteiger partial charge in [0.05, 0.1) is 13.5 Å². The highest BCUT2D eigenvalue weighted by Crippen LogP contribution is 2.27. The number of phenols is 1. The van der Waals surface area contributed by atoms with E-state index in [-0.39, 0.29) is 24.5 Å². The van der Waals surface area contributed by atoms with Crippen molar-refractivity contribution in [1.29, 1.82) is 0 Å². The maximum atomic E-state index is 12.0. The number of hydrogen-bond donors (Lipinski definition) is 4. The lowest BCUT2D eigenvalue weighted by Gasteiger charge is -2.40. The molecular weight excluding hydrogens is 416 g/mol. The lowest BCUT2D eigenvalue weighted by atomic mass is 9.99. The monoisotopic (exact) mass is 440 g/mol. The van der Waals surface area contributed by atoms with E-state index < -0.39 is 55.4 Å². The van der Waals surface area contributed by atoms with Crippen LogP contribution in [0.5, 0.6) is 11.5 Å². The number of phenolic OH excluding ortho intramolecular Hbond substituents is 1. The Morgan fingerprint density at radius 2 is 2.00 bits per heavy atom. The Morgan fingerprint density at radius 1 is 1.23 bits per heavy atom. The number of aromatic hydroxyl groups is 1. The summed E-state index contributed by atoms with van der Waals surface area (Å²) < 4.78 is 25.7. The summed E-state index contributed by atoms with van der Waals surface area (Å²) in [5, 5.41) is 39.8. The molecule has 1 aromatic carbocycles. The van der Waals surface area contributed by atoms with E-state index in [1.807, 2.05) is 0 Å². The molecule has 2 aliphatic heterocycles. The Balaban J connectivity index is 1.55. The molecule has 11 heteroatoms. The zero-order valence-corrected chi connectivity index (χ0v) is 16.6. The third-order valence-electron chi connectivity index (χ3n) is 4.83. The van der Waals surface area contributed by atoms with E-state index in [1.165, 1.54) is 25.3 Å². The van der Waals surface area contributed by atoms with Gasteiger partial charge < -0.3 is 44.1 Å². The van der Waals surface area contributed by atoms with E-state index in [1.54, 1.807) is 6.07 Å². The van der Waals surface area contributed by atoms with E-state index in [2.05, 4.69) is 0 Å². The molecule has 6 atom stereocenters. The van der Waals surface area contributed by atoms with Crippen LogP contribution in [0.4, 0.5) is 0 Å². The van der Waals surface area contributed by atoms with Crippen LogP contribution in [0.15, 0.2) is 24.3 Å². The first-order chi connectivity index (χ1) is 14.8. The third-order valence-corrected chi connectivity index (χ3v) is 4.83. The molecule has 0 unspecified atom stereocenters. The van der Waals surface area contributed by atoms with Gasteiger partial charge in [0.2, 0.25) is 0 Å². The van der Waals surface area contributed by atoms with Crippen molar-refractivity contribution in [3.63, 3.8) is 0 Å². The first-order valence-electron chi connectivity index (χ1n) is 9.51. The van der Waals surface area contributed by atoms with Gasteiger partial charge in [-0.2, -0.15) is 0 Å². The maximum Gasteiger partial charge on any atom is 0.330 e. The number of cyclic esters (lactones) is 1. The highest BCUT2D eigenvalue weighted by atomic mass is 16.7. The lowest BCUT2D eigenvalue weighted by molar-refractivity contribution is -0.311. The van der Waals surface area contributed by atoms with Gasteiger partial charge >= 0.3 is 11.9 Å². The summed E-state index contributed by atoms with van der Waals surface area (Å²) in [5.41, 5.74) is 0.570. The van der Waals surface area contributed by atoms with Crippen molar-refractivity contribution < 1.29 is 53.7 Å². The van der Waals surface area contributed by atoms with Crippen LogP contribution in [0.3, 0.4) is 0 Å². The molecule has 0 bridgehead atoms. The third kappa shape index (κ3) is 5.71. The number of rotatable bonds is 7. The molecule has 2 aliphatic rings. The molecule has 2 saturated heterocycles. The predicted molar refractivity (Wildman–Crippen MR) is 102 cm³/mol. The summed E-state index contributed by atoms with van der Waals surface area (Å²) >= 11 is 0. The minimum absolute atomic E-state index is 0.0173. The largest absolute Gasteiger partial charge is 0.504 e. The first kappa shape index (κ1) is 23.0. The van der Waals surface area contributed by atoms with Gasteiger partial charge in [-0.15, -0.1) is 0 Å². The number of aliphatic hydroxyl groups is 3. The van der Waals surface area contributed by atoms with Crippen molar-refractivity contribution in [3.8, 4) is 11.5 Å². The summed E-state index contributed by atoms with van der Waals surface area (Å²) in [4.78, 5) is 23.2. The normalized spacial score (nSPS) is 30.9. The van der Waals surface area contributed by atoms with Crippen LogP contribution < -0.4 is 4.74 Å². The van der Waals surface area contributed by atoms with Gasteiger partial charge in [0.25, 0.3) is 0 Å². The Kier molecular flexibility index (Phi) is 7.46. The molecule has 1 aromatic rings. The number of aliphatic hydroxyl groups excluding tert-OH is 3. The van der Waals surface area contributed by atoms with Gasteiger partial charge in [0, 0.05) is 6.08 Å². The number of esters is 2. The zero-order chi connectivity index (χ0) is 22.5. The summed E-state index contributed by atoms with van der Waals surface area (Å²) in [7, 11) is 1.40. The Morgan fingerprint density at radius 3 is 2.68 bits per heavy atom. The minimum Gasteiger partial charge on any atom is -0.504 e. The van der Waals surface area contributed by atoms with E-state index in [9.17, 15) is 30.0 Å². The van der Waals surface area contributed by atoms with E-state index in [0.717, 1.165) is 6.08 Å². The Hall–Kier alpha value is -2.70. The molecule has 0 amide bonds. The van der Waals surface area contributed by atoms with E-state index >= 15 is 0 Å². The van der Waals surface area contributed by atoms with Crippen molar-refractivity contribution in [1.82, 2.24) is 0 Å². The molecule has 0 aromatic heterocycles. The quantitative estimate of drug-likeness (QED) is 0.307. The van der Waals surface area contributed by atoms with Gasteiger partial charge in [0.1, 0.15) is 43.7 Å².